The lowest BCUT2D eigenvalue weighted by molar-refractivity contribution is 0.241. The Balaban J connectivity index is 1.58. The summed E-state index contributed by atoms with van der Waals surface area (Å²) in [6, 6.07) is 6.18. The summed E-state index contributed by atoms with van der Waals surface area (Å²) in [5.74, 6) is 1.82. The molecule has 0 aliphatic carbocycles. The average Bonchev–Trinajstić information content (AvgIpc) is 3.02. The molecule has 3 aromatic rings. The van der Waals surface area contributed by atoms with Gasteiger partial charge in [-0.25, -0.2) is 9.97 Å². The molecule has 1 aromatic carbocycles. The first-order valence-electron chi connectivity index (χ1n) is 9.15. The summed E-state index contributed by atoms with van der Waals surface area (Å²) in [7, 11) is 1.71. The fourth-order valence-corrected chi connectivity index (χ4v) is 3.51. The van der Waals surface area contributed by atoms with Crippen LogP contribution in [0.4, 0.5) is 0 Å². The number of H-pyrrole nitrogens is 1. The molecule has 26 heavy (non-hydrogen) atoms. The number of aromatic amines is 1. The standard InChI is InChI=1S/C21H26N4O/c1-21(2,3)20-23-10-14-7-8-25(13-19(14)24-20)12-15-11-22-18-6-5-16(26-4)9-17(15)18/h5-6,9-11,22H,7-8,12-13H2,1-4H3. The Morgan fingerprint density at radius 1 is 1.27 bits per heavy atom. The third-order valence-electron chi connectivity index (χ3n) is 5.06. The highest BCUT2D eigenvalue weighted by atomic mass is 16.5. The molecule has 136 valence electrons. The Hall–Kier alpha value is -2.40. The van der Waals surface area contributed by atoms with Crippen molar-refractivity contribution in [3.8, 4) is 5.75 Å². The summed E-state index contributed by atoms with van der Waals surface area (Å²) in [6.45, 7) is 9.29. The van der Waals surface area contributed by atoms with E-state index in [4.69, 9.17) is 9.72 Å². The molecule has 0 unspecified atom stereocenters. The third kappa shape index (κ3) is 3.19. The van der Waals surface area contributed by atoms with E-state index >= 15 is 0 Å². The van der Waals surface area contributed by atoms with Gasteiger partial charge >= 0.3 is 0 Å². The first-order valence-corrected chi connectivity index (χ1v) is 9.15. The summed E-state index contributed by atoms with van der Waals surface area (Å²) < 4.78 is 5.38. The van der Waals surface area contributed by atoms with E-state index in [0.717, 1.165) is 43.1 Å². The van der Waals surface area contributed by atoms with Gasteiger partial charge in [0.05, 0.1) is 12.8 Å². The van der Waals surface area contributed by atoms with Crippen LogP contribution < -0.4 is 4.74 Å². The quantitative estimate of drug-likeness (QED) is 0.780. The van der Waals surface area contributed by atoms with Crippen molar-refractivity contribution >= 4 is 10.9 Å². The van der Waals surface area contributed by atoms with E-state index < -0.39 is 0 Å². The summed E-state index contributed by atoms with van der Waals surface area (Å²) in [4.78, 5) is 15.3. The molecule has 4 rings (SSSR count). The van der Waals surface area contributed by atoms with E-state index in [9.17, 15) is 0 Å². The topological polar surface area (TPSA) is 54.0 Å². The minimum atomic E-state index is -0.0231. The van der Waals surface area contributed by atoms with Gasteiger partial charge in [-0.1, -0.05) is 20.8 Å². The van der Waals surface area contributed by atoms with Crippen LogP contribution in [0.2, 0.25) is 0 Å². The molecule has 3 heterocycles. The average molecular weight is 350 g/mol. The number of rotatable bonds is 3. The number of methoxy groups -OCH3 is 1. The van der Waals surface area contributed by atoms with Crippen molar-refractivity contribution in [1.29, 1.82) is 0 Å². The lowest BCUT2D eigenvalue weighted by Gasteiger charge is -2.29. The van der Waals surface area contributed by atoms with Gasteiger partial charge in [0.2, 0.25) is 0 Å². The van der Waals surface area contributed by atoms with Gasteiger partial charge in [0.1, 0.15) is 11.6 Å². The Labute approximate surface area is 154 Å². The maximum absolute atomic E-state index is 5.38. The van der Waals surface area contributed by atoms with Gasteiger partial charge in [-0.15, -0.1) is 0 Å². The highest BCUT2D eigenvalue weighted by molar-refractivity contribution is 5.84. The molecule has 5 nitrogen and oxygen atoms in total. The molecular formula is C21H26N4O. The fourth-order valence-electron chi connectivity index (χ4n) is 3.51. The largest absolute Gasteiger partial charge is 0.497 e. The van der Waals surface area contributed by atoms with Crippen molar-refractivity contribution in [1.82, 2.24) is 19.9 Å². The SMILES string of the molecule is COc1ccc2[nH]cc(CN3CCc4cnc(C(C)(C)C)nc4C3)c2c1. The number of hydrogen-bond acceptors (Lipinski definition) is 4. The van der Waals surface area contributed by atoms with Crippen LogP contribution in [0.3, 0.4) is 0 Å². The van der Waals surface area contributed by atoms with Gasteiger partial charge in [-0.2, -0.15) is 0 Å². The van der Waals surface area contributed by atoms with Crippen LogP contribution in [0.15, 0.2) is 30.6 Å². The van der Waals surface area contributed by atoms with E-state index in [2.05, 4.69) is 54.0 Å². The van der Waals surface area contributed by atoms with Crippen molar-refractivity contribution in [3.05, 3.63) is 53.2 Å². The van der Waals surface area contributed by atoms with Crippen molar-refractivity contribution in [2.45, 2.75) is 45.7 Å². The maximum atomic E-state index is 5.38. The summed E-state index contributed by atoms with van der Waals surface area (Å²) in [6.07, 6.45) is 5.14. The third-order valence-corrected chi connectivity index (χ3v) is 5.06. The molecule has 1 aliphatic heterocycles. The summed E-state index contributed by atoms with van der Waals surface area (Å²) >= 11 is 0. The fraction of sp³-hybridized carbons (Fsp3) is 0.429. The molecule has 0 spiro atoms. The van der Waals surface area contributed by atoms with E-state index in [-0.39, 0.29) is 5.41 Å². The number of nitrogens with zero attached hydrogens (tertiary/aromatic N) is 3. The Kier molecular flexibility index (Phi) is 4.19. The highest BCUT2D eigenvalue weighted by Gasteiger charge is 2.23. The molecule has 0 fully saturated rings. The summed E-state index contributed by atoms with van der Waals surface area (Å²) in [5.41, 5.74) is 4.89. The van der Waals surface area contributed by atoms with Crippen molar-refractivity contribution in [3.63, 3.8) is 0 Å². The van der Waals surface area contributed by atoms with Gasteiger partial charge in [0.15, 0.2) is 0 Å². The van der Waals surface area contributed by atoms with Gasteiger partial charge in [-0.05, 0) is 35.7 Å². The molecule has 0 saturated heterocycles. The number of aromatic nitrogens is 3. The van der Waals surface area contributed by atoms with Crippen LogP contribution in [0, 0.1) is 0 Å². The monoisotopic (exact) mass is 350 g/mol. The van der Waals surface area contributed by atoms with E-state index in [0.29, 0.717) is 0 Å². The van der Waals surface area contributed by atoms with Crippen LogP contribution >= 0.6 is 0 Å². The van der Waals surface area contributed by atoms with Crippen LogP contribution in [-0.4, -0.2) is 33.5 Å². The molecule has 1 aliphatic rings. The van der Waals surface area contributed by atoms with Gasteiger partial charge in [0, 0.05) is 48.3 Å². The van der Waals surface area contributed by atoms with Crippen molar-refractivity contribution < 1.29 is 4.74 Å². The van der Waals surface area contributed by atoms with E-state index in [1.54, 1.807) is 7.11 Å². The van der Waals surface area contributed by atoms with Gasteiger partial charge < -0.3 is 9.72 Å². The maximum Gasteiger partial charge on any atom is 0.133 e. The summed E-state index contributed by atoms with van der Waals surface area (Å²) in [5, 5.41) is 1.23. The highest BCUT2D eigenvalue weighted by Crippen LogP contribution is 2.27. The zero-order chi connectivity index (χ0) is 18.3. The number of benzene rings is 1. The lowest BCUT2D eigenvalue weighted by atomic mass is 9.95. The second kappa shape index (κ2) is 6.40. The minimum absolute atomic E-state index is 0.0231. The Bertz CT molecular complexity index is 939. The molecule has 0 radical (unpaired) electrons. The van der Waals surface area contributed by atoms with Crippen LogP contribution in [0.25, 0.3) is 10.9 Å². The molecule has 5 heteroatoms. The van der Waals surface area contributed by atoms with E-state index in [1.807, 2.05) is 12.3 Å². The zero-order valence-corrected chi connectivity index (χ0v) is 16.0. The minimum Gasteiger partial charge on any atom is -0.497 e. The molecular weight excluding hydrogens is 324 g/mol. The second-order valence-corrected chi connectivity index (χ2v) is 8.10. The number of ether oxygens (including phenoxy) is 1. The van der Waals surface area contributed by atoms with Crippen molar-refractivity contribution in [2.24, 2.45) is 0 Å². The molecule has 2 aromatic heterocycles. The number of fused-ring (bicyclic) bond motifs is 2. The molecule has 0 amide bonds. The number of hydrogen-bond donors (Lipinski definition) is 1. The first-order chi connectivity index (χ1) is 12.4. The number of nitrogens with one attached hydrogen (secondary N) is 1. The lowest BCUT2D eigenvalue weighted by Crippen LogP contribution is -2.32. The zero-order valence-electron chi connectivity index (χ0n) is 16.0. The second-order valence-electron chi connectivity index (χ2n) is 8.10. The normalized spacial score (nSPS) is 15.2. The van der Waals surface area contributed by atoms with Crippen LogP contribution in [0.1, 0.15) is 43.4 Å². The predicted molar refractivity (Wildman–Crippen MR) is 103 cm³/mol. The smallest absolute Gasteiger partial charge is 0.133 e. The Morgan fingerprint density at radius 2 is 2.12 bits per heavy atom. The van der Waals surface area contributed by atoms with E-state index in [1.165, 1.54) is 22.2 Å². The molecule has 0 saturated carbocycles. The van der Waals surface area contributed by atoms with Crippen LogP contribution in [-0.2, 0) is 24.9 Å². The van der Waals surface area contributed by atoms with Crippen LogP contribution in [0.5, 0.6) is 5.75 Å². The Morgan fingerprint density at radius 3 is 2.88 bits per heavy atom. The van der Waals surface area contributed by atoms with Gasteiger partial charge in [-0.3, -0.25) is 4.90 Å². The molecule has 0 atom stereocenters. The predicted octanol–water partition coefficient (Wildman–Crippen LogP) is 3.82. The molecule has 1 N–H and O–H groups in total. The first kappa shape index (κ1) is 17.0. The molecule has 0 bridgehead atoms. The van der Waals surface area contributed by atoms with Gasteiger partial charge in [0.25, 0.3) is 0 Å². The van der Waals surface area contributed by atoms with Crippen molar-refractivity contribution in [2.75, 3.05) is 13.7 Å².